The van der Waals surface area contributed by atoms with Gasteiger partial charge in [-0.05, 0) is 19.1 Å². The molecule has 0 radical (unpaired) electrons. The van der Waals surface area contributed by atoms with E-state index in [2.05, 4.69) is 20.1 Å². The molecular formula is C12H11N5OS. The highest BCUT2D eigenvalue weighted by Crippen LogP contribution is 2.21. The van der Waals surface area contributed by atoms with Crippen molar-refractivity contribution in [1.29, 1.82) is 0 Å². The molecule has 0 fully saturated rings. The van der Waals surface area contributed by atoms with E-state index in [4.69, 9.17) is 10.3 Å². The normalized spacial score (nSPS) is 10.8. The Morgan fingerprint density at radius 1 is 1.37 bits per heavy atom. The second-order valence-electron chi connectivity index (χ2n) is 3.99. The van der Waals surface area contributed by atoms with Gasteiger partial charge in [-0.2, -0.15) is 4.98 Å². The Morgan fingerprint density at radius 2 is 2.26 bits per heavy atom. The summed E-state index contributed by atoms with van der Waals surface area (Å²) in [6.45, 7) is 1.96. The zero-order chi connectivity index (χ0) is 13.2. The molecule has 7 heteroatoms. The lowest BCUT2D eigenvalue weighted by molar-refractivity contribution is 0.422. The van der Waals surface area contributed by atoms with Gasteiger partial charge in [-0.25, -0.2) is 9.97 Å². The first-order chi connectivity index (χ1) is 9.22. The molecular weight excluding hydrogens is 262 g/mol. The van der Waals surface area contributed by atoms with Crippen LogP contribution >= 0.6 is 11.3 Å². The molecule has 0 unspecified atom stereocenters. The van der Waals surface area contributed by atoms with Gasteiger partial charge in [0.05, 0.1) is 22.8 Å². The van der Waals surface area contributed by atoms with Crippen LogP contribution in [0.4, 0.5) is 5.69 Å². The fourth-order valence-electron chi connectivity index (χ4n) is 1.67. The minimum Gasteiger partial charge on any atom is -0.397 e. The molecule has 0 aliphatic carbocycles. The van der Waals surface area contributed by atoms with E-state index in [1.54, 1.807) is 29.7 Å². The first kappa shape index (κ1) is 11.8. The predicted octanol–water partition coefficient (Wildman–Crippen LogP) is 2.07. The summed E-state index contributed by atoms with van der Waals surface area (Å²) in [5, 5.41) is 6.93. The highest BCUT2D eigenvalue weighted by molar-refractivity contribution is 7.09. The molecule has 3 rings (SSSR count). The van der Waals surface area contributed by atoms with Crippen molar-refractivity contribution < 1.29 is 4.52 Å². The van der Waals surface area contributed by atoms with Crippen molar-refractivity contribution in [3.63, 3.8) is 0 Å². The van der Waals surface area contributed by atoms with Gasteiger partial charge in [0, 0.05) is 11.6 Å². The van der Waals surface area contributed by atoms with Crippen LogP contribution in [0.15, 0.2) is 28.2 Å². The smallest absolute Gasteiger partial charge is 0.278 e. The van der Waals surface area contributed by atoms with Crippen LogP contribution in [0.5, 0.6) is 0 Å². The molecule has 0 aromatic carbocycles. The van der Waals surface area contributed by atoms with Crippen molar-refractivity contribution in [3.05, 3.63) is 40.2 Å². The van der Waals surface area contributed by atoms with E-state index in [1.807, 2.05) is 12.3 Å². The van der Waals surface area contributed by atoms with Gasteiger partial charge >= 0.3 is 0 Å². The average Bonchev–Trinajstić information content (AvgIpc) is 3.00. The molecule has 0 saturated carbocycles. The van der Waals surface area contributed by atoms with Crippen LogP contribution in [0.25, 0.3) is 11.6 Å². The second-order valence-corrected chi connectivity index (χ2v) is 5.05. The molecule has 3 heterocycles. The van der Waals surface area contributed by atoms with E-state index in [0.29, 0.717) is 29.5 Å². The number of thiazole rings is 1. The van der Waals surface area contributed by atoms with E-state index in [1.165, 1.54) is 0 Å². The molecule has 0 saturated heterocycles. The number of aryl methyl sites for hydroxylation is 1. The van der Waals surface area contributed by atoms with Crippen molar-refractivity contribution >= 4 is 17.0 Å². The molecule has 6 nitrogen and oxygen atoms in total. The Bertz CT molecular complexity index is 705. The van der Waals surface area contributed by atoms with Crippen LogP contribution in [0, 0.1) is 6.92 Å². The topological polar surface area (TPSA) is 90.7 Å². The lowest BCUT2D eigenvalue weighted by Gasteiger charge is -1.96. The maximum absolute atomic E-state index is 5.82. The first-order valence-electron chi connectivity index (χ1n) is 5.67. The van der Waals surface area contributed by atoms with Crippen molar-refractivity contribution in [3.8, 4) is 11.6 Å². The summed E-state index contributed by atoms with van der Waals surface area (Å²) in [7, 11) is 0. The minimum absolute atomic E-state index is 0.333. The molecule has 0 bridgehead atoms. The number of nitrogen functional groups attached to an aromatic ring is 1. The molecule has 3 aromatic rings. The third-order valence-corrected chi connectivity index (χ3v) is 3.34. The summed E-state index contributed by atoms with van der Waals surface area (Å²) in [6, 6.07) is 3.50. The van der Waals surface area contributed by atoms with E-state index in [9.17, 15) is 0 Å². The van der Waals surface area contributed by atoms with Gasteiger partial charge in [0.2, 0.25) is 0 Å². The van der Waals surface area contributed by atoms with Crippen LogP contribution in [0.3, 0.4) is 0 Å². The number of hydrogen-bond donors (Lipinski definition) is 1. The average molecular weight is 273 g/mol. The lowest BCUT2D eigenvalue weighted by Crippen LogP contribution is -1.94. The third-order valence-electron chi connectivity index (χ3n) is 2.52. The maximum atomic E-state index is 5.82. The van der Waals surface area contributed by atoms with Gasteiger partial charge in [0.15, 0.2) is 11.5 Å². The van der Waals surface area contributed by atoms with Gasteiger partial charge in [-0.1, -0.05) is 5.16 Å². The Morgan fingerprint density at radius 3 is 3.00 bits per heavy atom. The van der Waals surface area contributed by atoms with Gasteiger partial charge in [0.1, 0.15) is 0 Å². The highest BCUT2D eigenvalue weighted by Gasteiger charge is 2.13. The van der Waals surface area contributed by atoms with Crippen molar-refractivity contribution in [2.45, 2.75) is 13.3 Å². The number of rotatable bonds is 3. The third kappa shape index (κ3) is 2.45. The quantitative estimate of drug-likeness (QED) is 0.785. The number of pyridine rings is 1. The summed E-state index contributed by atoms with van der Waals surface area (Å²) >= 11 is 1.60. The van der Waals surface area contributed by atoms with Crippen LogP contribution in [0.1, 0.15) is 16.5 Å². The standard InChI is InChI=1S/C12H11N5OS/c1-7-15-8(6-19-7)5-10-16-12(18-17-10)11-9(13)3-2-4-14-11/h2-4,6H,5,13H2,1H3. The number of nitrogens with zero attached hydrogens (tertiary/aromatic N) is 4. The largest absolute Gasteiger partial charge is 0.397 e. The monoisotopic (exact) mass is 273 g/mol. The Labute approximate surface area is 113 Å². The summed E-state index contributed by atoms with van der Waals surface area (Å²) in [5.41, 5.74) is 7.78. The van der Waals surface area contributed by atoms with Crippen LogP contribution in [-0.4, -0.2) is 20.1 Å². The Kier molecular flexibility index (Phi) is 2.96. The zero-order valence-electron chi connectivity index (χ0n) is 10.2. The fourth-order valence-corrected chi connectivity index (χ4v) is 2.28. The summed E-state index contributed by atoms with van der Waals surface area (Å²) < 4.78 is 5.18. The SMILES string of the molecule is Cc1nc(Cc2noc(-c3ncccc3N)n2)cs1. The predicted molar refractivity (Wildman–Crippen MR) is 71.6 cm³/mol. The lowest BCUT2D eigenvalue weighted by atomic mass is 10.3. The van der Waals surface area contributed by atoms with Crippen molar-refractivity contribution in [1.82, 2.24) is 20.1 Å². The second kappa shape index (κ2) is 4.77. The molecule has 0 aliphatic rings. The van der Waals surface area contributed by atoms with E-state index >= 15 is 0 Å². The van der Waals surface area contributed by atoms with Gasteiger partial charge in [-0.15, -0.1) is 11.3 Å². The van der Waals surface area contributed by atoms with Gasteiger partial charge in [0.25, 0.3) is 5.89 Å². The summed E-state index contributed by atoms with van der Waals surface area (Å²) in [6.07, 6.45) is 2.18. The Balaban J connectivity index is 1.86. The summed E-state index contributed by atoms with van der Waals surface area (Å²) in [5.74, 6) is 0.908. The van der Waals surface area contributed by atoms with Gasteiger partial charge in [-0.3, -0.25) is 0 Å². The number of hydrogen-bond acceptors (Lipinski definition) is 7. The molecule has 0 aliphatic heterocycles. The molecule has 96 valence electrons. The van der Waals surface area contributed by atoms with E-state index < -0.39 is 0 Å². The molecule has 0 spiro atoms. The molecule has 0 amide bonds. The number of aromatic nitrogens is 4. The van der Waals surface area contributed by atoms with Crippen molar-refractivity contribution in [2.24, 2.45) is 0 Å². The zero-order valence-corrected chi connectivity index (χ0v) is 11.0. The molecule has 0 atom stereocenters. The Hall–Kier alpha value is -2.28. The number of nitrogens with two attached hydrogens (primary N) is 1. The summed E-state index contributed by atoms with van der Waals surface area (Å²) in [4.78, 5) is 12.8. The number of anilines is 1. The molecule has 19 heavy (non-hydrogen) atoms. The minimum atomic E-state index is 0.333. The first-order valence-corrected chi connectivity index (χ1v) is 6.55. The van der Waals surface area contributed by atoms with Crippen LogP contribution in [0.2, 0.25) is 0 Å². The highest BCUT2D eigenvalue weighted by atomic mass is 32.1. The van der Waals surface area contributed by atoms with Crippen LogP contribution in [-0.2, 0) is 6.42 Å². The molecule has 2 N–H and O–H groups in total. The van der Waals surface area contributed by atoms with Gasteiger partial charge < -0.3 is 10.3 Å². The van der Waals surface area contributed by atoms with E-state index in [0.717, 1.165) is 10.7 Å². The van der Waals surface area contributed by atoms with Crippen LogP contribution < -0.4 is 5.73 Å². The van der Waals surface area contributed by atoms with Crippen molar-refractivity contribution in [2.75, 3.05) is 5.73 Å². The molecule has 3 aromatic heterocycles. The maximum Gasteiger partial charge on any atom is 0.278 e. The fraction of sp³-hybridized carbons (Fsp3) is 0.167. The van der Waals surface area contributed by atoms with E-state index in [-0.39, 0.29) is 0 Å².